The van der Waals surface area contributed by atoms with Crippen LogP contribution in [0, 0.1) is 5.82 Å². The van der Waals surface area contributed by atoms with Crippen molar-refractivity contribution in [3.63, 3.8) is 0 Å². The summed E-state index contributed by atoms with van der Waals surface area (Å²) < 4.78 is 13.2. The van der Waals surface area contributed by atoms with Crippen molar-refractivity contribution >= 4 is 17.8 Å². The summed E-state index contributed by atoms with van der Waals surface area (Å²) in [5.74, 6) is -2.72. The Morgan fingerprint density at radius 3 is 2.45 bits per heavy atom. The van der Waals surface area contributed by atoms with Gasteiger partial charge in [-0.15, -0.1) is 0 Å². The number of fused-ring (bicyclic) bond motifs is 1. The molecule has 1 aliphatic rings. The molecule has 0 fully saturated rings. The van der Waals surface area contributed by atoms with E-state index in [1.165, 1.54) is 36.4 Å². The summed E-state index contributed by atoms with van der Waals surface area (Å²) in [5.41, 5.74) is 0.633. The van der Waals surface area contributed by atoms with Crippen LogP contribution >= 0.6 is 0 Å². The van der Waals surface area contributed by atoms with Gasteiger partial charge >= 0.3 is 5.97 Å². The third-order valence-electron chi connectivity index (χ3n) is 3.45. The molecule has 1 aliphatic heterocycles. The first kappa shape index (κ1) is 13.9. The predicted octanol–water partition coefficient (Wildman–Crippen LogP) is 2.32. The monoisotopic (exact) mass is 299 g/mol. The van der Waals surface area contributed by atoms with Gasteiger partial charge in [-0.05, 0) is 35.9 Å². The fourth-order valence-corrected chi connectivity index (χ4v) is 2.39. The van der Waals surface area contributed by atoms with Crippen molar-refractivity contribution in [2.24, 2.45) is 0 Å². The largest absolute Gasteiger partial charge is 0.478 e. The molecule has 0 saturated heterocycles. The molecule has 0 bridgehead atoms. The van der Waals surface area contributed by atoms with E-state index < -0.39 is 23.6 Å². The minimum absolute atomic E-state index is 0.0568. The van der Waals surface area contributed by atoms with Gasteiger partial charge < -0.3 is 5.11 Å². The number of carbonyl (C=O) groups excluding carboxylic acids is 2. The van der Waals surface area contributed by atoms with E-state index in [0.29, 0.717) is 5.56 Å². The number of amides is 2. The van der Waals surface area contributed by atoms with E-state index >= 15 is 0 Å². The second kappa shape index (κ2) is 5.07. The van der Waals surface area contributed by atoms with E-state index in [1.807, 2.05) is 0 Å². The molecule has 3 rings (SSSR count). The summed E-state index contributed by atoms with van der Waals surface area (Å²) in [7, 11) is 0. The summed E-state index contributed by atoms with van der Waals surface area (Å²) >= 11 is 0. The molecular formula is C16H10FNO4. The van der Waals surface area contributed by atoms with Gasteiger partial charge in [0.05, 0.1) is 23.2 Å². The molecule has 0 aromatic heterocycles. The first-order chi connectivity index (χ1) is 10.5. The Morgan fingerprint density at radius 2 is 1.77 bits per heavy atom. The molecule has 2 amide bonds. The molecule has 0 aliphatic carbocycles. The smallest absolute Gasteiger partial charge is 0.335 e. The van der Waals surface area contributed by atoms with Gasteiger partial charge in [-0.2, -0.15) is 0 Å². The Kier molecular flexibility index (Phi) is 3.21. The zero-order chi connectivity index (χ0) is 15.9. The van der Waals surface area contributed by atoms with Crippen LogP contribution in [0.15, 0.2) is 42.5 Å². The Morgan fingerprint density at radius 1 is 1.05 bits per heavy atom. The van der Waals surface area contributed by atoms with Crippen LogP contribution in [0.5, 0.6) is 0 Å². The number of carboxylic acid groups (broad SMARTS) is 1. The highest BCUT2D eigenvalue weighted by Gasteiger charge is 2.36. The van der Waals surface area contributed by atoms with E-state index in [2.05, 4.69) is 0 Å². The zero-order valence-corrected chi connectivity index (χ0v) is 11.2. The van der Waals surface area contributed by atoms with Gasteiger partial charge in [-0.3, -0.25) is 14.5 Å². The molecule has 0 radical (unpaired) electrons. The molecule has 0 saturated carbocycles. The van der Waals surface area contributed by atoms with Crippen LogP contribution in [0.4, 0.5) is 4.39 Å². The zero-order valence-electron chi connectivity index (χ0n) is 11.2. The first-order valence-corrected chi connectivity index (χ1v) is 6.45. The van der Waals surface area contributed by atoms with E-state index in [9.17, 15) is 18.8 Å². The van der Waals surface area contributed by atoms with E-state index in [4.69, 9.17) is 5.11 Å². The highest BCUT2D eigenvalue weighted by Crippen LogP contribution is 2.25. The first-order valence-electron chi connectivity index (χ1n) is 6.45. The molecule has 0 atom stereocenters. The maximum Gasteiger partial charge on any atom is 0.335 e. The number of benzene rings is 2. The van der Waals surface area contributed by atoms with Crippen LogP contribution in [-0.4, -0.2) is 27.8 Å². The van der Waals surface area contributed by atoms with Gasteiger partial charge in [0.2, 0.25) is 0 Å². The number of hydrogen-bond donors (Lipinski definition) is 1. The Bertz CT molecular complexity index is 816. The lowest BCUT2D eigenvalue weighted by Gasteiger charge is -2.13. The van der Waals surface area contributed by atoms with E-state index in [1.54, 1.807) is 6.07 Å². The van der Waals surface area contributed by atoms with Gasteiger partial charge in [0.1, 0.15) is 5.82 Å². The van der Waals surface area contributed by atoms with Crippen molar-refractivity contribution in [3.8, 4) is 0 Å². The van der Waals surface area contributed by atoms with E-state index in [-0.39, 0.29) is 23.2 Å². The van der Waals surface area contributed by atoms with Crippen LogP contribution in [-0.2, 0) is 6.54 Å². The number of carboxylic acids is 1. The standard InChI is InChI=1S/C16H10FNO4/c17-11-3-1-2-9(6-11)8-18-14(19)12-5-4-10(16(21)22)7-13(12)15(18)20/h1-7H,8H2,(H,21,22). The number of imide groups is 1. The van der Waals surface area contributed by atoms with Crippen LogP contribution in [0.1, 0.15) is 36.6 Å². The molecule has 2 aromatic rings. The van der Waals surface area contributed by atoms with Crippen molar-refractivity contribution in [2.75, 3.05) is 0 Å². The Balaban J connectivity index is 1.94. The summed E-state index contributed by atoms with van der Waals surface area (Å²) in [5, 5.41) is 8.95. The van der Waals surface area contributed by atoms with Crippen LogP contribution in [0.3, 0.4) is 0 Å². The third-order valence-corrected chi connectivity index (χ3v) is 3.45. The Labute approximate surface area is 124 Å². The fraction of sp³-hybridized carbons (Fsp3) is 0.0625. The minimum atomic E-state index is -1.17. The maximum absolute atomic E-state index is 13.2. The molecule has 5 nitrogen and oxygen atoms in total. The number of carbonyl (C=O) groups is 3. The number of halogens is 1. The van der Waals surface area contributed by atoms with E-state index in [0.717, 1.165) is 4.90 Å². The average molecular weight is 299 g/mol. The Hall–Kier alpha value is -3.02. The molecule has 1 heterocycles. The fourth-order valence-electron chi connectivity index (χ4n) is 2.39. The van der Waals surface area contributed by atoms with Gasteiger partial charge in [0, 0.05) is 0 Å². The average Bonchev–Trinajstić information content (AvgIpc) is 2.72. The molecule has 6 heteroatoms. The topological polar surface area (TPSA) is 74.7 Å². The lowest BCUT2D eigenvalue weighted by Crippen LogP contribution is -2.29. The van der Waals surface area contributed by atoms with Gasteiger partial charge in [-0.25, -0.2) is 9.18 Å². The summed E-state index contributed by atoms with van der Waals surface area (Å²) in [6.07, 6.45) is 0. The number of nitrogens with zero attached hydrogens (tertiary/aromatic N) is 1. The summed E-state index contributed by atoms with van der Waals surface area (Å²) in [4.78, 5) is 36.5. The lowest BCUT2D eigenvalue weighted by molar-refractivity contribution is 0.0640. The van der Waals surface area contributed by atoms with Crippen molar-refractivity contribution in [3.05, 3.63) is 70.5 Å². The van der Waals surface area contributed by atoms with Gasteiger partial charge in [0.25, 0.3) is 11.8 Å². The van der Waals surface area contributed by atoms with Crippen molar-refractivity contribution < 1.29 is 23.9 Å². The molecule has 110 valence electrons. The van der Waals surface area contributed by atoms with Gasteiger partial charge in [-0.1, -0.05) is 12.1 Å². The SMILES string of the molecule is O=C(O)c1ccc2c(c1)C(=O)N(Cc1cccc(F)c1)C2=O. The van der Waals surface area contributed by atoms with Crippen LogP contribution in [0.2, 0.25) is 0 Å². The van der Waals surface area contributed by atoms with Crippen LogP contribution in [0.25, 0.3) is 0 Å². The maximum atomic E-state index is 13.2. The van der Waals surface area contributed by atoms with Crippen molar-refractivity contribution in [1.82, 2.24) is 4.90 Å². The van der Waals surface area contributed by atoms with Crippen LogP contribution < -0.4 is 0 Å². The minimum Gasteiger partial charge on any atom is -0.478 e. The molecule has 0 unspecified atom stereocenters. The lowest BCUT2D eigenvalue weighted by atomic mass is 10.1. The quantitative estimate of drug-likeness (QED) is 0.883. The predicted molar refractivity (Wildman–Crippen MR) is 74.0 cm³/mol. The van der Waals surface area contributed by atoms with Crippen molar-refractivity contribution in [2.45, 2.75) is 6.54 Å². The summed E-state index contributed by atoms with van der Waals surface area (Å²) in [6, 6.07) is 9.39. The second-order valence-corrected chi connectivity index (χ2v) is 4.89. The summed E-state index contributed by atoms with van der Waals surface area (Å²) in [6.45, 7) is -0.0630. The normalized spacial score (nSPS) is 13.4. The highest BCUT2D eigenvalue weighted by atomic mass is 19.1. The molecule has 0 spiro atoms. The highest BCUT2D eigenvalue weighted by molar-refractivity contribution is 6.21. The number of rotatable bonds is 3. The number of hydrogen-bond acceptors (Lipinski definition) is 3. The molecule has 22 heavy (non-hydrogen) atoms. The molecular weight excluding hydrogens is 289 g/mol. The molecule has 2 aromatic carbocycles. The number of aromatic carboxylic acids is 1. The van der Waals surface area contributed by atoms with Gasteiger partial charge in [0.15, 0.2) is 0 Å². The third kappa shape index (κ3) is 2.24. The van der Waals surface area contributed by atoms with Crippen molar-refractivity contribution in [1.29, 1.82) is 0 Å². The molecule has 1 N–H and O–H groups in total. The second-order valence-electron chi connectivity index (χ2n) is 4.89.